The summed E-state index contributed by atoms with van der Waals surface area (Å²) < 4.78 is 16.9. The highest BCUT2D eigenvalue weighted by Crippen LogP contribution is 2.30. The predicted molar refractivity (Wildman–Crippen MR) is 92.0 cm³/mol. The monoisotopic (exact) mass is 342 g/mol. The smallest absolute Gasteiger partial charge is 0.212 e. The lowest BCUT2D eigenvalue weighted by Gasteiger charge is -2.39. The topological polar surface area (TPSA) is 71.9 Å². The molecular weight excluding hydrogens is 320 g/mol. The zero-order chi connectivity index (χ0) is 17.2. The van der Waals surface area contributed by atoms with Crippen LogP contribution >= 0.6 is 0 Å². The first-order chi connectivity index (χ1) is 12.2. The summed E-state index contributed by atoms with van der Waals surface area (Å²) in [6, 6.07) is 11.4. The minimum absolute atomic E-state index is 0.00472. The first-order valence-electron chi connectivity index (χ1n) is 8.63. The first kappa shape index (κ1) is 16.3. The van der Waals surface area contributed by atoms with Gasteiger partial charge in [-0.25, -0.2) is 4.98 Å². The number of oxazole rings is 1. The van der Waals surface area contributed by atoms with Crippen molar-refractivity contribution < 1.29 is 18.7 Å². The molecule has 25 heavy (non-hydrogen) atoms. The van der Waals surface area contributed by atoms with Gasteiger partial charge in [-0.05, 0) is 37.6 Å². The average Bonchev–Trinajstić information content (AvgIpc) is 3.31. The molecule has 1 aromatic carbocycles. The number of morpholine rings is 1. The Morgan fingerprint density at radius 2 is 2.16 bits per heavy atom. The van der Waals surface area contributed by atoms with Crippen LogP contribution in [-0.4, -0.2) is 40.8 Å². The van der Waals surface area contributed by atoms with Crippen LogP contribution < -0.4 is 0 Å². The van der Waals surface area contributed by atoms with Crippen LogP contribution in [0.2, 0.25) is 0 Å². The Bertz CT molecular complexity index is 781. The molecule has 1 aliphatic heterocycles. The molecule has 1 saturated heterocycles. The third kappa shape index (κ3) is 3.33. The number of ether oxygens (including phenoxy) is 1. The summed E-state index contributed by atoms with van der Waals surface area (Å²) in [5.41, 5.74) is 1.66. The van der Waals surface area contributed by atoms with Crippen LogP contribution in [0.3, 0.4) is 0 Å². The largest absolute Gasteiger partial charge is 0.467 e. The Hall–Kier alpha value is -2.15. The number of hydrogen-bond acceptors (Lipinski definition) is 6. The Kier molecular flexibility index (Phi) is 4.57. The molecule has 3 aromatic rings. The Morgan fingerprint density at radius 3 is 2.96 bits per heavy atom. The molecule has 1 aliphatic rings. The number of rotatable bonds is 5. The van der Waals surface area contributed by atoms with E-state index in [2.05, 4.69) is 16.8 Å². The third-order valence-corrected chi connectivity index (χ3v) is 4.81. The Labute approximate surface area is 146 Å². The van der Waals surface area contributed by atoms with Gasteiger partial charge in [0.2, 0.25) is 5.89 Å². The van der Waals surface area contributed by atoms with Crippen LogP contribution in [0, 0.1) is 0 Å². The molecule has 2 aromatic heterocycles. The lowest BCUT2D eigenvalue weighted by atomic mass is 10.0. The van der Waals surface area contributed by atoms with E-state index < -0.39 is 6.10 Å². The second kappa shape index (κ2) is 7.00. The zero-order valence-electron chi connectivity index (χ0n) is 14.2. The van der Waals surface area contributed by atoms with E-state index in [4.69, 9.17) is 13.6 Å². The van der Waals surface area contributed by atoms with Gasteiger partial charge in [0, 0.05) is 12.6 Å². The fourth-order valence-corrected chi connectivity index (χ4v) is 3.45. The van der Waals surface area contributed by atoms with E-state index in [1.807, 2.05) is 24.3 Å². The van der Waals surface area contributed by atoms with E-state index in [1.165, 1.54) is 0 Å². The van der Waals surface area contributed by atoms with Gasteiger partial charge >= 0.3 is 0 Å². The van der Waals surface area contributed by atoms with Crippen molar-refractivity contribution in [2.75, 3.05) is 19.8 Å². The normalized spacial score (nSPS) is 21.4. The molecule has 3 unspecified atom stereocenters. The number of aliphatic hydroxyl groups excluding tert-OH is 1. The van der Waals surface area contributed by atoms with Crippen molar-refractivity contribution in [1.29, 1.82) is 0 Å². The highest BCUT2D eigenvalue weighted by molar-refractivity contribution is 5.72. The van der Waals surface area contributed by atoms with Gasteiger partial charge < -0.3 is 18.7 Å². The maximum Gasteiger partial charge on any atom is 0.212 e. The third-order valence-electron chi connectivity index (χ3n) is 4.81. The molecule has 0 aliphatic carbocycles. The van der Waals surface area contributed by atoms with Gasteiger partial charge in [-0.15, -0.1) is 0 Å². The standard InChI is InChI=1S/C19H22N2O4/c1-13(19-20-15-5-2-3-6-17(15)25-19)21-8-10-23-12-14(21)11-16(22)18-7-4-9-24-18/h2-7,9,13-14,16,22H,8,10-12H2,1H3. The maximum atomic E-state index is 10.4. The number of furan rings is 1. The minimum Gasteiger partial charge on any atom is -0.467 e. The van der Waals surface area contributed by atoms with Crippen molar-refractivity contribution in [2.24, 2.45) is 0 Å². The zero-order valence-corrected chi connectivity index (χ0v) is 14.2. The lowest BCUT2D eigenvalue weighted by Crippen LogP contribution is -2.47. The first-order valence-corrected chi connectivity index (χ1v) is 8.63. The maximum absolute atomic E-state index is 10.4. The van der Waals surface area contributed by atoms with Crippen molar-refractivity contribution in [1.82, 2.24) is 9.88 Å². The predicted octanol–water partition coefficient (Wildman–Crippen LogP) is 3.31. The number of aromatic nitrogens is 1. The van der Waals surface area contributed by atoms with E-state index in [0.717, 1.165) is 17.6 Å². The molecule has 1 N–H and O–H groups in total. The van der Waals surface area contributed by atoms with Crippen LogP contribution in [0.15, 0.2) is 51.5 Å². The lowest BCUT2D eigenvalue weighted by molar-refractivity contribution is -0.0490. The number of fused-ring (bicyclic) bond motifs is 1. The molecule has 132 valence electrons. The van der Waals surface area contributed by atoms with E-state index in [9.17, 15) is 5.11 Å². The molecule has 6 nitrogen and oxygen atoms in total. The molecular formula is C19H22N2O4. The van der Waals surface area contributed by atoms with Crippen LogP contribution in [-0.2, 0) is 4.74 Å². The number of hydrogen-bond donors (Lipinski definition) is 1. The summed E-state index contributed by atoms with van der Waals surface area (Å²) in [6.45, 7) is 4.10. The van der Waals surface area contributed by atoms with Gasteiger partial charge in [0.25, 0.3) is 0 Å². The molecule has 0 spiro atoms. The molecule has 0 amide bonds. The molecule has 3 heterocycles. The van der Waals surface area contributed by atoms with E-state index >= 15 is 0 Å². The number of nitrogens with zero attached hydrogens (tertiary/aromatic N) is 2. The summed E-state index contributed by atoms with van der Waals surface area (Å²) in [7, 11) is 0. The molecule has 0 radical (unpaired) electrons. The number of para-hydroxylation sites is 2. The summed E-state index contributed by atoms with van der Waals surface area (Å²) in [5, 5.41) is 10.4. The minimum atomic E-state index is -0.653. The van der Waals surface area contributed by atoms with Gasteiger partial charge in [-0.1, -0.05) is 12.1 Å². The molecule has 0 saturated carbocycles. The van der Waals surface area contributed by atoms with Crippen LogP contribution in [0.5, 0.6) is 0 Å². The summed E-state index contributed by atoms with van der Waals surface area (Å²) in [5.74, 6) is 1.28. The van der Waals surface area contributed by atoms with Crippen LogP contribution in [0.1, 0.15) is 37.1 Å². The van der Waals surface area contributed by atoms with Crippen molar-refractivity contribution >= 4 is 11.1 Å². The second-order valence-corrected chi connectivity index (χ2v) is 6.43. The fraction of sp³-hybridized carbons (Fsp3) is 0.421. The summed E-state index contributed by atoms with van der Waals surface area (Å²) in [6.07, 6.45) is 1.47. The summed E-state index contributed by atoms with van der Waals surface area (Å²) >= 11 is 0. The van der Waals surface area contributed by atoms with Crippen LogP contribution in [0.4, 0.5) is 0 Å². The van der Waals surface area contributed by atoms with Gasteiger partial charge in [-0.2, -0.15) is 0 Å². The highest BCUT2D eigenvalue weighted by Gasteiger charge is 2.32. The molecule has 6 heteroatoms. The van der Waals surface area contributed by atoms with Gasteiger partial charge in [-0.3, -0.25) is 4.90 Å². The highest BCUT2D eigenvalue weighted by atomic mass is 16.5. The van der Waals surface area contributed by atoms with E-state index in [1.54, 1.807) is 18.4 Å². The Balaban J connectivity index is 1.53. The fourth-order valence-electron chi connectivity index (χ4n) is 3.45. The second-order valence-electron chi connectivity index (χ2n) is 6.43. The molecule has 1 fully saturated rings. The van der Waals surface area contributed by atoms with Crippen molar-refractivity contribution in [3.05, 3.63) is 54.3 Å². The van der Waals surface area contributed by atoms with Crippen molar-refractivity contribution in [2.45, 2.75) is 31.5 Å². The molecule has 3 atom stereocenters. The molecule has 0 bridgehead atoms. The van der Waals surface area contributed by atoms with Crippen molar-refractivity contribution in [3.63, 3.8) is 0 Å². The van der Waals surface area contributed by atoms with Crippen LogP contribution in [0.25, 0.3) is 11.1 Å². The average molecular weight is 342 g/mol. The number of benzene rings is 1. The quantitative estimate of drug-likeness (QED) is 0.767. The van der Waals surface area contributed by atoms with Crippen molar-refractivity contribution in [3.8, 4) is 0 Å². The van der Waals surface area contributed by atoms with Gasteiger partial charge in [0.1, 0.15) is 17.4 Å². The molecule has 4 rings (SSSR count). The van der Waals surface area contributed by atoms with E-state index in [0.29, 0.717) is 31.3 Å². The SMILES string of the molecule is CC(c1nc2ccccc2o1)N1CCOCC1CC(O)c1ccco1. The Morgan fingerprint density at radius 1 is 1.28 bits per heavy atom. The number of aliphatic hydroxyl groups is 1. The van der Waals surface area contributed by atoms with Gasteiger partial charge in [0.15, 0.2) is 5.58 Å². The van der Waals surface area contributed by atoms with Gasteiger partial charge in [0.05, 0.1) is 25.5 Å². The summed E-state index contributed by atoms with van der Waals surface area (Å²) in [4.78, 5) is 6.91. The van der Waals surface area contributed by atoms with E-state index in [-0.39, 0.29) is 12.1 Å².